The van der Waals surface area contributed by atoms with Crippen LogP contribution in [0.3, 0.4) is 0 Å². The van der Waals surface area contributed by atoms with Gasteiger partial charge in [0, 0.05) is 24.1 Å². The van der Waals surface area contributed by atoms with Gasteiger partial charge in [-0.3, -0.25) is 4.79 Å². The van der Waals surface area contributed by atoms with Crippen LogP contribution < -0.4 is 4.74 Å². The Morgan fingerprint density at radius 1 is 1.09 bits per heavy atom. The number of methoxy groups -OCH3 is 1. The molecule has 0 radical (unpaired) electrons. The lowest BCUT2D eigenvalue weighted by Crippen LogP contribution is -2.37. The van der Waals surface area contributed by atoms with Gasteiger partial charge in [-0.2, -0.15) is 0 Å². The maximum Gasteiger partial charge on any atom is 0.254 e. The van der Waals surface area contributed by atoms with Crippen molar-refractivity contribution in [2.75, 3.05) is 13.7 Å². The standard InChI is InChI=1S/C26H25FN2O3/c1-18-7-9-19(10-8-18)25-15-23(32-28-25)17-29(16-21-5-3-4-6-24(21)27)26(30)20-11-13-22(31-2)14-12-20/h3-14,23H,15-17H2,1-2H3. The lowest BCUT2D eigenvalue weighted by atomic mass is 10.0. The van der Waals surface area contributed by atoms with Gasteiger partial charge in [0.05, 0.1) is 19.4 Å². The Morgan fingerprint density at radius 3 is 2.50 bits per heavy atom. The van der Waals surface area contributed by atoms with Crippen LogP contribution in [-0.4, -0.2) is 36.3 Å². The zero-order valence-electron chi connectivity index (χ0n) is 18.1. The summed E-state index contributed by atoms with van der Waals surface area (Å²) in [6, 6.07) is 21.5. The van der Waals surface area contributed by atoms with Gasteiger partial charge in [-0.25, -0.2) is 4.39 Å². The van der Waals surface area contributed by atoms with Crippen LogP contribution in [0.4, 0.5) is 4.39 Å². The molecule has 1 amide bonds. The Kier molecular flexibility index (Phi) is 6.50. The van der Waals surface area contributed by atoms with Crippen LogP contribution >= 0.6 is 0 Å². The van der Waals surface area contributed by atoms with Crippen molar-refractivity contribution in [1.29, 1.82) is 0 Å². The summed E-state index contributed by atoms with van der Waals surface area (Å²) in [5, 5.41) is 4.24. The van der Waals surface area contributed by atoms with Crippen LogP contribution in [0.25, 0.3) is 0 Å². The molecule has 164 valence electrons. The summed E-state index contributed by atoms with van der Waals surface area (Å²) < 4.78 is 19.5. The first-order valence-corrected chi connectivity index (χ1v) is 10.5. The Hall–Kier alpha value is -3.67. The first kappa shape index (κ1) is 21.6. The van der Waals surface area contributed by atoms with Crippen molar-refractivity contribution in [1.82, 2.24) is 4.90 Å². The van der Waals surface area contributed by atoms with Crippen molar-refractivity contribution in [2.24, 2.45) is 5.16 Å². The lowest BCUT2D eigenvalue weighted by molar-refractivity contribution is 0.0403. The second-order valence-corrected chi connectivity index (χ2v) is 7.84. The van der Waals surface area contributed by atoms with Crippen LogP contribution in [0, 0.1) is 12.7 Å². The van der Waals surface area contributed by atoms with E-state index in [0.29, 0.717) is 23.3 Å². The first-order valence-electron chi connectivity index (χ1n) is 10.5. The minimum Gasteiger partial charge on any atom is -0.497 e. The molecule has 0 saturated heterocycles. The highest BCUT2D eigenvalue weighted by molar-refractivity contribution is 6.01. The minimum atomic E-state index is -0.344. The Labute approximate surface area is 187 Å². The first-order chi connectivity index (χ1) is 15.5. The molecule has 1 aliphatic heterocycles. The molecule has 4 rings (SSSR count). The molecule has 0 spiro atoms. The molecule has 0 N–H and O–H groups in total. The fourth-order valence-electron chi connectivity index (χ4n) is 3.66. The summed E-state index contributed by atoms with van der Waals surface area (Å²) in [6.07, 6.45) is 0.271. The molecule has 5 nitrogen and oxygen atoms in total. The van der Waals surface area contributed by atoms with Crippen molar-refractivity contribution in [3.8, 4) is 5.75 Å². The number of ether oxygens (including phenoxy) is 1. The van der Waals surface area contributed by atoms with Crippen molar-refractivity contribution in [2.45, 2.75) is 26.0 Å². The van der Waals surface area contributed by atoms with Gasteiger partial charge >= 0.3 is 0 Å². The topological polar surface area (TPSA) is 51.1 Å². The second-order valence-electron chi connectivity index (χ2n) is 7.84. The van der Waals surface area contributed by atoms with Crippen molar-refractivity contribution in [3.63, 3.8) is 0 Å². The summed E-state index contributed by atoms with van der Waals surface area (Å²) in [4.78, 5) is 20.6. The van der Waals surface area contributed by atoms with Crippen LogP contribution in [0.1, 0.15) is 33.5 Å². The van der Waals surface area contributed by atoms with Crippen LogP contribution in [-0.2, 0) is 11.4 Å². The van der Waals surface area contributed by atoms with E-state index < -0.39 is 0 Å². The number of oxime groups is 1. The van der Waals surface area contributed by atoms with E-state index in [0.717, 1.165) is 11.3 Å². The molecule has 1 atom stereocenters. The molecule has 3 aromatic rings. The van der Waals surface area contributed by atoms with Gasteiger partial charge in [0.1, 0.15) is 11.6 Å². The summed E-state index contributed by atoms with van der Waals surface area (Å²) in [6.45, 7) is 2.46. The number of amides is 1. The number of hydrogen-bond acceptors (Lipinski definition) is 4. The zero-order valence-corrected chi connectivity index (χ0v) is 18.1. The maximum atomic E-state index is 14.3. The van der Waals surface area contributed by atoms with Crippen LogP contribution in [0.2, 0.25) is 0 Å². The smallest absolute Gasteiger partial charge is 0.254 e. The molecule has 0 aromatic heterocycles. The summed E-state index contributed by atoms with van der Waals surface area (Å²) in [7, 11) is 1.57. The quantitative estimate of drug-likeness (QED) is 0.529. The van der Waals surface area contributed by atoms with Gasteiger partial charge in [0.15, 0.2) is 6.10 Å². The maximum absolute atomic E-state index is 14.3. The Balaban J connectivity index is 1.52. The normalized spacial score (nSPS) is 15.1. The van der Waals surface area contributed by atoms with Gasteiger partial charge < -0.3 is 14.5 Å². The molecule has 1 aliphatic rings. The summed E-state index contributed by atoms with van der Waals surface area (Å²) in [5.41, 5.74) is 3.97. The third-order valence-corrected chi connectivity index (χ3v) is 5.49. The summed E-state index contributed by atoms with van der Waals surface area (Å²) in [5.74, 6) is 0.115. The van der Waals surface area contributed by atoms with E-state index in [1.54, 1.807) is 54.5 Å². The van der Waals surface area contributed by atoms with Gasteiger partial charge in [-0.1, -0.05) is 53.2 Å². The molecule has 3 aromatic carbocycles. The third kappa shape index (κ3) is 4.97. The predicted molar refractivity (Wildman–Crippen MR) is 121 cm³/mol. The van der Waals surface area contributed by atoms with Crippen molar-refractivity contribution >= 4 is 11.6 Å². The number of halogens is 1. The molecule has 0 bridgehead atoms. The number of rotatable bonds is 7. The number of carbonyl (C=O) groups excluding carboxylic acids is 1. The highest BCUT2D eigenvalue weighted by Gasteiger charge is 2.28. The average molecular weight is 432 g/mol. The monoisotopic (exact) mass is 432 g/mol. The number of aryl methyl sites for hydroxylation is 1. The van der Waals surface area contributed by atoms with E-state index in [4.69, 9.17) is 9.57 Å². The Morgan fingerprint density at radius 2 is 1.81 bits per heavy atom. The molecular formula is C26H25FN2O3. The number of carbonyl (C=O) groups is 1. The van der Waals surface area contributed by atoms with E-state index in [2.05, 4.69) is 5.16 Å². The molecule has 0 aliphatic carbocycles. The van der Waals surface area contributed by atoms with Gasteiger partial charge in [-0.05, 0) is 42.8 Å². The minimum absolute atomic E-state index is 0.136. The molecule has 1 unspecified atom stereocenters. The average Bonchev–Trinajstić information content (AvgIpc) is 3.28. The Bertz CT molecular complexity index is 1110. The fraction of sp³-hybridized carbons (Fsp3) is 0.231. The number of hydrogen-bond donors (Lipinski definition) is 0. The summed E-state index contributed by atoms with van der Waals surface area (Å²) >= 11 is 0. The van der Waals surface area contributed by atoms with Gasteiger partial charge in [0.2, 0.25) is 0 Å². The lowest BCUT2D eigenvalue weighted by Gasteiger charge is -2.25. The zero-order chi connectivity index (χ0) is 22.5. The highest BCUT2D eigenvalue weighted by atomic mass is 19.1. The van der Waals surface area contributed by atoms with E-state index in [1.165, 1.54) is 11.6 Å². The number of nitrogens with zero attached hydrogens (tertiary/aromatic N) is 2. The van der Waals surface area contributed by atoms with Gasteiger partial charge in [-0.15, -0.1) is 0 Å². The van der Waals surface area contributed by atoms with Crippen LogP contribution in [0.15, 0.2) is 78.0 Å². The predicted octanol–water partition coefficient (Wildman–Crippen LogP) is 4.98. The highest BCUT2D eigenvalue weighted by Crippen LogP contribution is 2.21. The van der Waals surface area contributed by atoms with Crippen molar-refractivity contribution in [3.05, 3.63) is 101 Å². The largest absolute Gasteiger partial charge is 0.497 e. The third-order valence-electron chi connectivity index (χ3n) is 5.49. The molecule has 32 heavy (non-hydrogen) atoms. The SMILES string of the molecule is COc1ccc(C(=O)N(Cc2ccccc2F)CC2CC(c3ccc(C)cc3)=NO2)cc1. The second kappa shape index (κ2) is 9.64. The fourth-order valence-corrected chi connectivity index (χ4v) is 3.66. The molecule has 6 heteroatoms. The van der Waals surface area contributed by atoms with Gasteiger partial charge in [0.25, 0.3) is 5.91 Å². The molecule has 1 heterocycles. The molecular weight excluding hydrogens is 407 g/mol. The van der Waals surface area contributed by atoms with E-state index in [9.17, 15) is 9.18 Å². The van der Waals surface area contributed by atoms with E-state index in [1.807, 2.05) is 31.2 Å². The van der Waals surface area contributed by atoms with E-state index >= 15 is 0 Å². The van der Waals surface area contributed by atoms with Crippen molar-refractivity contribution < 1.29 is 18.8 Å². The molecule has 0 saturated carbocycles. The number of benzene rings is 3. The van der Waals surface area contributed by atoms with Crippen LogP contribution in [0.5, 0.6) is 5.75 Å². The van der Waals surface area contributed by atoms with E-state index in [-0.39, 0.29) is 30.9 Å². The molecule has 0 fully saturated rings.